The molecule has 92 valence electrons. The zero-order valence-corrected chi connectivity index (χ0v) is 11.3. The Hall–Kier alpha value is -1.23. The quantitative estimate of drug-likeness (QED) is 0.921. The van der Waals surface area contributed by atoms with Crippen molar-refractivity contribution in [3.8, 4) is 0 Å². The van der Waals surface area contributed by atoms with E-state index in [-0.39, 0.29) is 5.56 Å². The summed E-state index contributed by atoms with van der Waals surface area (Å²) in [6.07, 6.45) is 1.27. The van der Waals surface area contributed by atoms with E-state index in [0.29, 0.717) is 15.1 Å². The van der Waals surface area contributed by atoms with Crippen LogP contribution < -0.4 is 0 Å². The SMILES string of the molecule is O=C(O)c1cnc(Sc2ccccc2Cl)c(Cl)c1. The van der Waals surface area contributed by atoms with Gasteiger partial charge in [-0.05, 0) is 18.2 Å². The molecule has 0 atom stereocenters. The third-order valence-electron chi connectivity index (χ3n) is 2.10. The fourth-order valence-corrected chi connectivity index (χ4v) is 2.56. The first kappa shape index (κ1) is 13.2. The van der Waals surface area contributed by atoms with Crippen molar-refractivity contribution in [3.05, 3.63) is 52.1 Å². The number of halogens is 2. The van der Waals surface area contributed by atoms with Gasteiger partial charge in [0.2, 0.25) is 0 Å². The number of aromatic nitrogens is 1. The highest BCUT2D eigenvalue weighted by Crippen LogP contribution is 2.35. The summed E-state index contributed by atoms with van der Waals surface area (Å²) in [6, 6.07) is 8.66. The van der Waals surface area contributed by atoms with Crippen LogP contribution in [0.15, 0.2) is 46.5 Å². The second-order valence-electron chi connectivity index (χ2n) is 3.35. The molecule has 1 N–H and O–H groups in total. The summed E-state index contributed by atoms with van der Waals surface area (Å²) < 4.78 is 0. The number of benzene rings is 1. The Morgan fingerprint density at radius 2 is 1.94 bits per heavy atom. The first-order valence-corrected chi connectivity index (χ1v) is 6.46. The van der Waals surface area contributed by atoms with Gasteiger partial charge < -0.3 is 5.11 Å². The summed E-state index contributed by atoms with van der Waals surface area (Å²) >= 11 is 13.3. The Balaban J connectivity index is 2.30. The molecular weight excluding hydrogens is 293 g/mol. The number of carbonyl (C=O) groups is 1. The van der Waals surface area contributed by atoms with Gasteiger partial charge in [-0.25, -0.2) is 9.78 Å². The predicted octanol–water partition coefficient (Wildman–Crippen LogP) is 4.24. The van der Waals surface area contributed by atoms with Crippen LogP contribution >= 0.6 is 35.0 Å². The molecule has 0 aliphatic heterocycles. The molecular formula is C12H7Cl2NO2S. The lowest BCUT2D eigenvalue weighted by atomic mass is 10.3. The molecule has 0 spiro atoms. The number of aromatic carboxylic acids is 1. The maximum absolute atomic E-state index is 10.8. The van der Waals surface area contributed by atoms with Crippen LogP contribution in [-0.2, 0) is 0 Å². The van der Waals surface area contributed by atoms with E-state index in [0.717, 1.165) is 4.90 Å². The van der Waals surface area contributed by atoms with Crippen LogP contribution in [0, 0.1) is 0 Å². The summed E-state index contributed by atoms with van der Waals surface area (Å²) in [5.41, 5.74) is 0.0588. The molecule has 0 amide bonds. The zero-order valence-electron chi connectivity index (χ0n) is 8.93. The van der Waals surface area contributed by atoms with E-state index in [1.54, 1.807) is 6.07 Å². The maximum atomic E-state index is 10.8. The van der Waals surface area contributed by atoms with E-state index in [1.165, 1.54) is 24.0 Å². The molecule has 3 nitrogen and oxygen atoms in total. The molecule has 1 aromatic heterocycles. The molecule has 0 bridgehead atoms. The van der Waals surface area contributed by atoms with Crippen molar-refractivity contribution in [2.45, 2.75) is 9.92 Å². The summed E-state index contributed by atoms with van der Waals surface area (Å²) in [5.74, 6) is -1.06. The average molecular weight is 300 g/mol. The van der Waals surface area contributed by atoms with Gasteiger partial charge >= 0.3 is 5.97 Å². The Morgan fingerprint density at radius 1 is 1.22 bits per heavy atom. The van der Waals surface area contributed by atoms with E-state index in [1.807, 2.05) is 18.2 Å². The molecule has 6 heteroatoms. The fraction of sp³-hybridized carbons (Fsp3) is 0. The van der Waals surface area contributed by atoms with Crippen LogP contribution in [0.5, 0.6) is 0 Å². The lowest BCUT2D eigenvalue weighted by Crippen LogP contribution is -1.97. The van der Waals surface area contributed by atoms with E-state index in [4.69, 9.17) is 28.3 Å². The molecule has 0 saturated carbocycles. The van der Waals surface area contributed by atoms with Crippen LogP contribution in [0.2, 0.25) is 10.0 Å². The first-order valence-electron chi connectivity index (χ1n) is 4.89. The summed E-state index contributed by atoms with van der Waals surface area (Å²) in [4.78, 5) is 15.6. The minimum atomic E-state index is -1.06. The number of nitrogens with zero attached hydrogens (tertiary/aromatic N) is 1. The van der Waals surface area contributed by atoms with Gasteiger partial charge in [0.1, 0.15) is 5.03 Å². The number of rotatable bonds is 3. The highest BCUT2D eigenvalue weighted by molar-refractivity contribution is 7.99. The monoisotopic (exact) mass is 299 g/mol. The van der Waals surface area contributed by atoms with Crippen LogP contribution in [0.1, 0.15) is 10.4 Å². The second-order valence-corrected chi connectivity index (χ2v) is 5.19. The van der Waals surface area contributed by atoms with E-state index in [2.05, 4.69) is 4.98 Å². The summed E-state index contributed by atoms with van der Waals surface area (Å²) in [5, 5.41) is 10.2. The van der Waals surface area contributed by atoms with Crippen molar-refractivity contribution >= 4 is 40.9 Å². The first-order chi connectivity index (χ1) is 8.58. The fourth-order valence-electron chi connectivity index (χ4n) is 1.25. The molecule has 2 rings (SSSR count). The smallest absolute Gasteiger partial charge is 0.337 e. The van der Waals surface area contributed by atoms with E-state index < -0.39 is 5.97 Å². The molecule has 18 heavy (non-hydrogen) atoms. The summed E-state index contributed by atoms with van der Waals surface area (Å²) in [6.45, 7) is 0. The van der Waals surface area contributed by atoms with Crippen LogP contribution in [0.25, 0.3) is 0 Å². The average Bonchev–Trinajstić information content (AvgIpc) is 2.34. The normalized spacial score (nSPS) is 10.3. The van der Waals surface area contributed by atoms with Crippen molar-refractivity contribution in [1.82, 2.24) is 4.98 Å². The molecule has 2 aromatic rings. The van der Waals surface area contributed by atoms with Crippen LogP contribution in [0.3, 0.4) is 0 Å². The van der Waals surface area contributed by atoms with E-state index >= 15 is 0 Å². The van der Waals surface area contributed by atoms with Crippen molar-refractivity contribution in [2.75, 3.05) is 0 Å². The third-order valence-corrected chi connectivity index (χ3v) is 4.03. The number of carboxylic acids is 1. The molecule has 0 saturated heterocycles. The minimum Gasteiger partial charge on any atom is -0.478 e. The van der Waals surface area contributed by atoms with E-state index in [9.17, 15) is 4.79 Å². The Labute approximate surface area is 118 Å². The zero-order chi connectivity index (χ0) is 13.1. The molecule has 0 fully saturated rings. The van der Waals surface area contributed by atoms with Gasteiger partial charge in [-0.3, -0.25) is 0 Å². The highest BCUT2D eigenvalue weighted by atomic mass is 35.5. The van der Waals surface area contributed by atoms with Crippen molar-refractivity contribution in [1.29, 1.82) is 0 Å². The van der Waals surface area contributed by atoms with Crippen molar-refractivity contribution < 1.29 is 9.90 Å². The predicted molar refractivity (Wildman–Crippen MR) is 71.8 cm³/mol. The van der Waals surface area contributed by atoms with Gasteiger partial charge in [0.25, 0.3) is 0 Å². The molecule has 1 heterocycles. The van der Waals surface area contributed by atoms with Crippen molar-refractivity contribution in [2.24, 2.45) is 0 Å². The molecule has 0 unspecified atom stereocenters. The third kappa shape index (κ3) is 2.96. The second kappa shape index (κ2) is 5.61. The van der Waals surface area contributed by atoms with Gasteiger partial charge in [-0.1, -0.05) is 47.1 Å². The Morgan fingerprint density at radius 3 is 2.56 bits per heavy atom. The Bertz CT molecular complexity index is 604. The van der Waals surface area contributed by atoms with Crippen molar-refractivity contribution in [3.63, 3.8) is 0 Å². The number of hydrogen-bond donors (Lipinski definition) is 1. The van der Waals surface area contributed by atoms with Gasteiger partial charge in [0.05, 0.1) is 15.6 Å². The molecule has 1 aromatic carbocycles. The van der Waals surface area contributed by atoms with Crippen LogP contribution in [0.4, 0.5) is 0 Å². The van der Waals surface area contributed by atoms with Gasteiger partial charge in [0.15, 0.2) is 0 Å². The van der Waals surface area contributed by atoms with Gasteiger partial charge in [0, 0.05) is 11.1 Å². The largest absolute Gasteiger partial charge is 0.478 e. The molecule has 0 aliphatic carbocycles. The lowest BCUT2D eigenvalue weighted by molar-refractivity contribution is 0.0696. The minimum absolute atomic E-state index is 0.0588. The Kier molecular flexibility index (Phi) is 4.11. The number of pyridine rings is 1. The van der Waals surface area contributed by atoms with Gasteiger partial charge in [-0.15, -0.1) is 0 Å². The maximum Gasteiger partial charge on any atom is 0.337 e. The van der Waals surface area contributed by atoms with Crippen LogP contribution in [-0.4, -0.2) is 16.1 Å². The summed E-state index contributed by atoms with van der Waals surface area (Å²) in [7, 11) is 0. The number of hydrogen-bond acceptors (Lipinski definition) is 3. The van der Waals surface area contributed by atoms with Gasteiger partial charge in [-0.2, -0.15) is 0 Å². The number of carboxylic acid groups (broad SMARTS) is 1. The standard InChI is InChI=1S/C12H7Cl2NO2S/c13-8-3-1-2-4-10(8)18-11-9(14)5-7(6-15-11)12(16)17/h1-6H,(H,16,17). The highest BCUT2D eigenvalue weighted by Gasteiger charge is 2.10. The molecule has 0 radical (unpaired) electrons. The lowest BCUT2D eigenvalue weighted by Gasteiger charge is -2.05. The molecule has 0 aliphatic rings. The topological polar surface area (TPSA) is 50.2 Å².